The van der Waals surface area contributed by atoms with Crippen molar-refractivity contribution in [3.05, 3.63) is 46.3 Å². The average molecular weight is 396 g/mol. The number of nitrogens with one attached hydrogen (secondary N) is 2. The van der Waals surface area contributed by atoms with Gasteiger partial charge in [0.1, 0.15) is 5.75 Å². The van der Waals surface area contributed by atoms with Gasteiger partial charge in [0.25, 0.3) is 5.91 Å². The van der Waals surface area contributed by atoms with Crippen LogP contribution < -0.4 is 10.1 Å². The number of ether oxygens (including phenoxy) is 1. The Hall–Kier alpha value is -2.86. The Morgan fingerprint density at radius 3 is 2.59 bits per heavy atom. The number of aryl methyl sites for hydroxylation is 1. The summed E-state index contributed by atoms with van der Waals surface area (Å²) in [6, 6.07) is 5.55. The standard InChI is InChI=1S/C23H29N3O3/c1-6-26(7-2)13-16(27)10-19-14(3)21(24-15(19)4)12-20-18-9-8-17(29-5)11-22(18)25-23(20)28/h8-9,11-12,24H,6-7,10,13H2,1-5H3,(H,25,28)/b20-12-. The van der Waals surface area contributed by atoms with Crippen LogP contribution in [-0.2, 0) is 16.0 Å². The highest BCUT2D eigenvalue weighted by Crippen LogP contribution is 2.36. The number of rotatable bonds is 8. The normalized spacial score (nSPS) is 14.4. The van der Waals surface area contributed by atoms with E-state index in [1.54, 1.807) is 7.11 Å². The minimum atomic E-state index is -0.140. The Morgan fingerprint density at radius 1 is 1.21 bits per heavy atom. The molecule has 1 aromatic carbocycles. The van der Waals surface area contributed by atoms with Crippen LogP contribution in [0, 0.1) is 13.8 Å². The number of anilines is 1. The molecule has 0 bridgehead atoms. The number of hydrogen-bond acceptors (Lipinski definition) is 4. The van der Waals surface area contributed by atoms with E-state index in [1.807, 2.05) is 38.1 Å². The van der Waals surface area contributed by atoms with E-state index in [0.717, 1.165) is 46.9 Å². The molecule has 0 unspecified atom stereocenters. The van der Waals surface area contributed by atoms with Crippen molar-refractivity contribution in [1.29, 1.82) is 0 Å². The lowest BCUT2D eigenvalue weighted by molar-refractivity contribution is -0.119. The summed E-state index contributed by atoms with van der Waals surface area (Å²) in [5.41, 5.74) is 6.06. The largest absolute Gasteiger partial charge is 0.497 e. The van der Waals surface area contributed by atoms with Crippen molar-refractivity contribution in [1.82, 2.24) is 9.88 Å². The zero-order valence-corrected chi connectivity index (χ0v) is 17.8. The summed E-state index contributed by atoms with van der Waals surface area (Å²) in [5, 5.41) is 2.89. The van der Waals surface area contributed by atoms with Gasteiger partial charge in [-0.15, -0.1) is 0 Å². The third-order valence-corrected chi connectivity index (χ3v) is 5.60. The van der Waals surface area contributed by atoms with Gasteiger partial charge in [0.15, 0.2) is 5.78 Å². The van der Waals surface area contributed by atoms with Crippen LogP contribution in [0.25, 0.3) is 11.6 Å². The first kappa shape index (κ1) is 20.9. The van der Waals surface area contributed by atoms with Gasteiger partial charge < -0.3 is 15.0 Å². The smallest absolute Gasteiger partial charge is 0.256 e. The monoisotopic (exact) mass is 395 g/mol. The maximum absolute atomic E-state index is 12.5. The SMILES string of the molecule is CCN(CC)CC(=O)Cc1c(C)[nH]c(/C=C2\C(=O)Nc3cc(OC)ccc32)c1C. The second-order valence-electron chi connectivity index (χ2n) is 7.37. The molecule has 0 spiro atoms. The number of aromatic nitrogens is 1. The first-order valence-electron chi connectivity index (χ1n) is 10.0. The third kappa shape index (κ3) is 4.27. The van der Waals surface area contributed by atoms with E-state index in [4.69, 9.17) is 4.74 Å². The molecule has 0 radical (unpaired) electrons. The van der Waals surface area contributed by atoms with Gasteiger partial charge in [-0.1, -0.05) is 13.8 Å². The van der Waals surface area contributed by atoms with Crippen LogP contribution >= 0.6 is 0 Å². The average Bonchev–Trinajstić information content (AvgIpc) is 3.16. The lowest BCUT2D eigenvalue weighted by Crippen LogP contribution is -2.30. The molecule has 0 saturated carbocycles. The highest BCUT2D eigenvalue weighted by molar-refractivity contribution is 6.35. The molecule has 0 saturated heterocycles. The number of carbonyl (C=O) groups excluding carboxylic acids is 2. The number of fused-ring (bicyclic) bond motifs is 1. The molecule has 0 atom stereocenters. The number of Topliss-reactive ketones (excluding diaryl/α,β-unsaturated/α-hetero) is 1. The topological polar surface area (TPSA) is 74.4 Å². The molecule has 3 rings (SSSR count). The van der Waals surface area contributed by atoms with E-state index in [-0.39, 0.29) is 11.7 Å². The number of H-pyrrole nitrogens is 1. The van der Waals surface area contributed by atoms with E-state index < -0.39 is 0 Å². The first-order chi connectivity index (χ1) is 13.9. The molecule has 1 amide bonds. The van der Waals surface area contributed by atoms with Crippen LogP contribution in [0.15, 0.2) is 18.2 Å². The number of benzene rings is 1. The second kappa shape index (κ2) is 8.66. The van der Waals surface area contributed by atoms with Crippen LogP contribution in [0.3, 0.4) is 0 Å². The molecule has 0 aliphatic carbocycles. The Balaban J connectivity index is 1.88. The summed E-state index contributed by atoms with van der Waals surface area (Å²) in [5.74, 6) is 0.763. The summed E-state index contributed by atoms with van der Waals surface area (Å²) < 4.78 is 5.23. The van der Waals surface area contributed by atoms with Gasteiger partial charge in [0.05, 0.1) is 24.9 Å². The fraction of sp³-hybridized carbons (Fsp3) is 0.391. The van der Waals surface area contributed by atoms with Crippen molar-refractivity contribution in [2.45, 2.75) is 34.1 Å². The van der Waals surface area contributed by atoms with Crippen molar-refractivity contribution in [3.8, 4) is 5.75 Å². The van der Waals surface area contributed by atoms with E-state index >= 15 is 0 Å². The molecule has 6 nitrogen and oxygen atoms in total. The number of amides is 1. The lowest BCUT2D eigenvalue weighted by Gasteiger charge is -2.16. The minimum Gasteiger partial charge on any atom is -0.497 e. The zero-order valence-electron chi connectivity index (χ0n) is 17.8. The fourth-order valence-electron chi connectivity index (χ4n) is 3.76. The number of aromatic amines is 1. The molecule has 1 aliphatic heterocycles. The molecule has 1 aliphatic rings. The number of hydrogen-bond donors (Lipinski definition) is 2. The van der Waals surface area contributed by atoms with Crippen LogP contribution in [0.5, 0.6) is 5.75 Å². The van der Waals surface area contributed by atoms with E-state index in [2.05, 4.69) is 29.0 Å². The molecule has 6 heteroatoms. The number of likely N-dealkylation sites (N-methyl/N-ethyl adjacent to an activating group) is 1. The van der Waals surface area contributed by atoms with Crippen molar-refractivity contribution >= 4 is 29.0 Å². The molecular formula is C23H29N3O3. The van der Waals surface area contributed by atoms with Gasteiger partial charge in [0, 0.05) is 29.4 Å². The van der Waals surface area contributed by atoms with E-state index in [9.17, 15) is 9.59 Å². The quantitative estimate of drug-likeness (QED) is 0.670. The van der Waals surface area contributed by atoms with Crippen molar-refractivity contribution in [3.63, 3.8) is 0 Å². The number of nitrogens with zero attached hydrogens (tertiary/aromatic N) is 1. The predicted octanol–water partition coefficient (Wildman–Crippen LogP) is 3.59. The number of methoxy groups -OCH3 is 1. The Morgan fingerprint density at radius 2 is 1.93 bits per heavy atom. The van der Waals surface area contributed by atoms with Gasteiger partial charge in [-0.3, -0.25) is 14.5 Å². The van der Waals surface area contributed by atoms with Gasteiger partial charge in [0.2, 0.25) is 0 Å². The Bertz CT molecular complexity index is 968. The molecule has 2 aromatic rings. The summed E-state index contributed by atoms with van der Waals surface area (Å²) in [6.45, 7) is 10.3. The maximum Gasteiger partial charge on any atom is 0.256 e. The van der Waals surface area contributed by atoms with Crippen molar-refractivity contribution in [2.24, 2.45) is 0 Å². The highest BCUT2D eigenvalue weighted by Gasteiger charge is 2.25. The number of ketones is 1. The van der Waals surface area contributed by atoms with Crippen LogP contribution in [0.1, 0.15) is 41.9 Å². The molecule has 2 heterocycles. The van der Waals surface area contributed by atoms with E-state index in [1.165, 1.54) is 0 Å². The Kier molecular flexibility index (Phi) is 6.23. The van der Waals surface area contributed by atoms with Gasteiger partial charge >= 0.3 is 0 Å². The summed E-state index contributed by atoms with van der Waals surface area (Å²) >= 11 is 0. The van der Waals surface area contributed by atoms with Gasteiger partial charge in [-0.05, 0) is 56.3 Å². The first-order valence-corrected chi connectivity index (χ1v) is 10.0. The molecule has 1 aromatic heterocycles. The molecule has 154 valence electrons. The summed E-state index contributed by atoms with van der Waals surface area (Å²) in [6.07, 6.45) is 2.27. The van der Waals surface area contributed by atoms with E-state index in [0.29, 0.717) is 24.3 Å². The van der Waals surface area contributed by atoms with Gasteiger partial charge in [-0.2, -0.15) is 0 Å². The second-order valence-corrected chi connectivity index (χ2v) is 7.37. The number of carbonyl (C=O) groups is 2. The zero-order chi connectivity index (χ0) is 21.1. The maximum atomic E-state index is 12.5. The molecule has 29 heavy (non-hydrogen) atoms. The third-order valence-electron chi connectivity index (χ3n) is 5.60. The van der Waals surface area contributed by atoms with Crippen molar-refractivity contribution < 1.29 is 14.3 Å². The predicted molar refractivity (Wildman–Crippen MR) is 116 cm³/mol. The van der Waals surface area contributed by atoms with Crippen LogP contribution in [0.2, 0.25) is 0 Å². The highest BCUT2D eigenvalue weighted by atomic mass is 16.5. The Labute approximate surface area is 171 Å². The summed E-state index contributed by atoms with van der Waals surface area (Å²) in [4.78, 5) is 30.5. The summed E-state index contributed by atoms with van der Waals surface area (Å²) in [7, 11) is 1.60. The molecule has 0 fully saturated rings. The molecule has 2 N–H and O–H groups in total. The fourth-order valence-corrected chi connectivity index (χ4v) is 3.76. The molecular weight excluding hydrogens is 366 g/mol. The van der Waals surface area contributed by atoms with Crippen LogP contribution in [-0.4, -0.2) is 48.3 Å². The van der Waals surface area contributed by atoms with Crippen LogP contribution in [0.4, 0.5) is 5.69 Å². The van der Waals surface area contributed by atoms with Crippen molar-refractivity contribution in [2.75, 3.05) is 32.1 Å². The lowest BCUT2D eigenvalue weighted by atomic mass is 10.0. The minimum absolute atomic E-state index is 0.140. The van der Waals surface area contributed by atoms with Gasteiger partial charge in [-0.25, -0.2) is 0 Å².